The summed E-state index contributed by atoms with van der Waals surface area (Å²) in [5, 5.41) is 3.56. The van der Waals surface area contributed by atoms with Crippen molar-refractivity contribution in [3.8, 4) is 0 Å². The van der Waals surface area contributed by atoms with E-state index < -0.39 is 0 Å². The van der Waals surface area contributed by atoms with Gasteiger partial charge in [-0.05, 0) is 52.9 Å². The van der Waals surface area contributed by atoms with Gasteiger partial charge in [0.25, 0.3) is 0 Å². The first-order chi connectivity index (χ1) is 9.88. The Balaban J connectivity index is 3.24. The van der Waals surface area contributed by atoms with Crippen LogP contribution in [-0.2, 0) is 0 Å². The molecule has 1 rings (SSSR count). The molecule has 0 aromatic heterocycles. The first-order valence-electron chi connectivity index (χ1n) is 8.12. The average molecular weight is 294 g/mol. The molecular weight excluding hydrogens is 263 g/mol. The second-order valence-corrected chi connectivity index (χ2v) is 6.24. The molecule has 1 unspecified atom stereocenters. The summed E-state index contributed by atoms with van der Waals surface area (Å²) in [6, 6.07) is 5.38. The lowest BCUT2D eigenvalue weighted by Crippen LogP contribution is -2.53. The van der Waals surface area contributed by atoms with Crippen LogP contribution in [0.5, 0.6) is 0 Å². The molecule has 0 radical (unpaired) electrons. The number of halogens is 1. The highest BCUT2D eigenvalue weighted by molar-refractivity contribution is 5.29. The topological polar surface area (TPSA) is 15.3 Å². The van der Waals surface area contributed by atoms with Crippen molar-refractivity contribution in [1.29, 1.82) is 0 Å². The van der Waals surface area contributed by atoms with E-state index in [4.69, 9.17) is 0 Å². The van der Waals surface area contributed by atoms with Crippen LogP contribution in [0.1, 0.15) is 58.2 Å². The van der Waals surface area contributed by atoms with Crippen LogP contribution in [0.4, 0.5) is 4.39 Å². The Kier molecular flexibility index (Phi) is 6.82. The summed E-state index contributed by atoms with van der Waals surface area (Å²) in [5.41, 5.74) is 1.73. The molecule has 0 amide bonds. The van der Waals surface area contributed by atoms with E-state index in [1.165, 1.54) is 0 Å². The van der Waals surface area contributed by atoms with Gasteiger partial charge in [0, 0.05) is 11.1 Å². The van der Waals surface area contributed by atoms with Crippen molar-refractivity contribution in [3.63, 3.8) is 0 Å². The van der Waals surface area contributed by atoms with Gasteiger partial charge >= 0.3 is 0 Å². The number of benzene rings is 1. The lowest BCUT2D eigenvalue weighted by Gasteiger charge is -2.44. The first-order valence-corrected chi connectivity index (χ1v) is 8.12. The maximum atomic E-state index is 14.4. The molecule has 1 aromatic rings. The van der Waals surface area contributed by atoms with Gasteiger partial charge in [0.15, 0.2) is 0 Å². The fourth-order valence-corrected chi connectivity index (χ4v) is 3.13. The molecule has 0 saturated heterocycles. The number of nitrogens with zero attached hydrogens (tertiary/aromatic N) is 1. The monoisotopic (exact) mass is 294 g/mol. The summed E-state index contributed by atoms with van der Waals surface area (Å²) in [4.78, 5) is 2.39. The fraction of sp³-hybridized carbons (Fsp3) is 0.667. The molecule has 2 nitrogen and oxygen atoms in total. The van der Waals surface area contributed by atoms with Crippen molar-refractivity contribution in [2.45, 2.75) is 59.5 Å². The van der Waals surface area contributed by atoms with Gasteiger partial charge < -0.3 is 5.32 Å². The molecule has 0 bridgehead atoms. The van der Waals surface area contributed by atoms with E-state index in [0.29, 0.717) is 0 Å². The van der Waals surface area contributed by atoms with E-state index in [1.54, 1.807) is 6.07 Å². The zero-order chi connectivity index (χ0) is 16.0. The van der Waals surface area contributed by atoms with Crippen molar-refractivity contribution < 1.29 is 4.39 Å². The molecule has 0 aliphatic rings. The van der Waals surface area contributed by atoms with Crippen molar-refractivity contribution in [2.75, 3.05) is 19.6 Å². The number of likely N-dealkylation sites (N-methyl/N-ethyl adjacent to an activating group) is 1. The number of rotatable bonds is 8. The summed E-state index contributed by atoms with van der Waals surface area (Å²) in [7, 11) is 0. The summed E-state index contributed by atoms with van der Waals surface area (Å²) in [6.45, 7) is 15.7. The van der Waals surface area contributed by atoms with Crippen molar-refractivity contribution in [2.24, 2.45) is 0 Å². The largest absolute Gasteiger partial charge is 0.308 e. The van der Waals surface area contributed by atoms with Gasteiger partial charge in [-0.3, -0.25) is 4.90 Å². The van der Waals surface area contributed by atoms with Gasteiger partial charge in [-0.15, -0.1) is 0 Å². The van der Waals surface area contributed by atoms with Crippen LogP contribution in [0.3, 0.4) is 0 Å². The molecule has 0 aliphatic carbocycles. The van der Waals surface area contributed by atoms with E-state index in [2.05, 4.69) is 44.8 Å². The number of hydrogen-bond acceptors (Lipinski definition) is 2. The molecule has 0 saturated carbocycles. The van der Waals surface area contributed by atoms with Crippen molar-refractivity contribution >= 4 is 0 Å². The first kappa shape index (κ1) is 18.1. The molecular formula is C18H31FN2. The Morgan fingerprint density at radius 1 is 1.19 bits per heavy atom. The smallest absolute Gasteiger partial charge is 0.128 e. The van der Waals surface area contributed by atoms with Crippen LogP contribution in [0.25, 0.3) is 0 Å². The normalized spacial score (nSPS) is 13.7. The molecule has 21 heavy (non-hydrogen) atoms. The quantitative estimate of drug-likeness (QED) is 0.769. The Morgan fingerprint density at radius 2 is 1.81 bits per heavy atom. The minimum Gasteiger partial charge on any atom is -0.308 e. The summed E-state index contributed by atoms with van der Waals surface area (Å²) in [5.74, 6) is -0.116. The predicted octanol–water partition coefficient (Wildman–Crippen LogP) is 4.30. The minimum atomic E-state index is -0.146. The fourth-order valence-electron chi connectivity index (χ4n) is 3.13. The van der Waals surface area contributed by atoms with E-state index in [1.807, 2.05) is 19.1 Å². The van der Waals surface area contributed by atoms with Gasteiger partial charge in [0.2, 0.25) is 0 Å². The highest BCUT2D eigenvalue weighted by Gasteiger charge is 2.36. The molecule has 0 aliphatic heterocycles. The summed E-state index contributed by atoms with van der Waals surface area (Å²) in [6.07, 6.45) is 1.04. The van der Waals surface area contributed by atoms with Crippen LogP contribution in [0, 0.1) is 12.7 Å². The number of aryl methyl sites for hydroxylation is 1. The van der Waals surface area contributed by atoms with Gasteiger partial charge in [-0.1, -0.05) is 38.5 Å². The van der Waals surface area contributed by atoms with E-state index >= 15 is 0 Å². The average Bonchev–Trinajstić information content (AvgIpc) is 2.43. The van der Waals surface area contributed by atoms with E-state index in [0.717, 1.165) is 37.2 Å². The Morgan fingerprint density at radius 3 is 2.33 bits per heavy atom. The summed E-state index contributed by atoms with van der Waals surface area (Å²) < 4.78 is 14.4. The van der Waals surface area contributed by atoms with Gasteiger partial charge in [-0.25, -0.2) is 4.39 Å². The minimum absolute atomic E-state index is 0.0164. The maximum absolute atomic E-state index is 14.4. The lowest BCUT2D eigenvalue weighted by molar-refractivity contribution is 0.0896. The predicted molar refractivity (Wildman–Crippen MR) is 89.2 cm³/mol. The lowest BCUT2D eigenvalue weighted by atomic mass is 9.85. The Labute approximate surface area is 129 Å². The zero-order valence-electron chi connectivity index (χ0n) is 14.5. The van der Waals surface area contributed by atoms with E-state index in [9.17, 15) is 4.39 Å². The van der Waals surface area contributed by atoms with Gasteiger partial charge in [0.1, 0.15) is 5.82 Å². The number of hydrogen-bond donors (Lipinski definition) is 1. The van der Waals surface area contributed by atoms with Crippen molar-refractivity contribution in [1.82, 2.24) is 10.2 Å². The Bertz CT molecular complexity index is 439. The van der Waals surface area contributed by atoms with Crippen LogP contribution in [0.2, 0.25) is 0 Å². The molecule has 0 spiro atoms. The molecule has 0 fully saturated rings. The highest BCUT2D eigenvalue weighted by Crippen LogP contribution is 2.33. The molecule has 1 N–H and O–H groups in total. The second-order valence-electron chi connectivity index (χ2n) is 6.24. The second kappa shape index (κ2) is 7.90. The third-order valence-electron chi connectivity index (χ3n) is 4.35. The van der Waals surface area contributed by atoms with Crippen molar-refractivity contribution in [3.05, 3.63) is 35.1 Å². The summed E-state index contributed by atoms with van der Waals surface area (Å²) >= 11 is 0. The van der Waals surface area contributed by atoms with Gasteiger partial charge in [-0.2, -0.15) is 0 Å². The Hall–Kier alpha value is -0.930. The van der Waals surface area contributed by atoms with Crippen LogP contribution in [-0.4, -0.2) is 30.1 Å². The molecule has 120 valence electrons. The van der Waals surface area contributed by atoms with Crippen LogP contribution >= 0.6 is 0 Å². The number of nitrogens with one attached hydrogen (secondary N) is 1. The van der Waals surface area contributed by atoms with Crippen LogP contribution in [0.15, 0.2) is 18.2 Å². The third kappa shape index (κ3) is 4.27. The van der Waals surface area contributed by atoms with Crippen LogP contribution < -0.4 is 5.32 Å². The van der Waals surface area contributed by atoms with Gasteiger partial charge in [0.05, 0.1) is 6.04 Å². The standard InChI is InChI=1S/C18H31FN2/c1-7-12-20-17(18(5,6)21(8-2)9-3)15-13-14(4)10-11-16(15)19/h10-11,13,17,20H,7-9,12H2,1-6H3. The highest BCUT2D eigenvalue weighted by atomic mass is 19.1. The maximum Gasteiger partial charge on any atom is 0.128 e. The molecule has 3 heteroatoms. The zero-order valence-corrected chi connectivity index (χ0v) is 14.5. The molecule has 1 atom stereocenters. The molecule has 1 aromatic carbocycles. The van der Waals surface area contributed by atoms with E-state index in [-0.39, 0.29) is 17.4 Å². The third-order valence-corrected chi connectivity index (χ3v) is 4.35. The SMILES string of the molecule is CCCNC(c1cc(C)ccc1F)C(C)(C)N(CC)CC. The molecule has 0 heterocycles.